The molecule has 3 aromatic rings. The Bertz CT molecular complexity index is 1160. The second kappa shape index (κ2) is 8.69. The minimum atomic E-state index is -3.84. The van der Waals surface area contributed by atoms with Crippen LogP contribution >= 0.6 is 0 Å². The van der Waals surface area contributed by atoms with Crippen LogP contribution in [0, 0.1) is 5.82 Å². The van der Waals surface area contributed by atoms with Crippen molar-refractivity contribution in [2.75, 3.05) is 37.0 Å². The van der Waals surface area contributed by atoms with Gasteiger partial charge in [-0.15, -0.1) is 0 Å². The Hall–Kier alpha value is -2.90. The summed E-state index contributed by atoms with van der Waals surface area (Å²) >= 11 is 0. The average molecular weight is 440 g/mol. The van der Waals surface area contributed by atoms with E-state index in [1.807, 2.05) is 55.4 Å². The van der Waals surface area contributed by atoms with Gasteiger partial charge >= 0.3 is 0 Å². The summed E-state index contributed by atoms with van der Waals surface area (Å²) in [6.45, 7) is 0.982. The van der Waals surface area contributed by atoms with Crippen LogP contribution in [0.15, 0.2) is 77.7 Å². The van der Waals surface area contributed by atoms with Gasteiger partial charge in [0.2, 0.25) is 10.0 Å². The summed E-state index contributed by atoms with van der Waals surface area (Å²) in [5.74, 6) is -0.577. The minimum Gasteiger partial charge on any atom is -0.378 e. The first-order valence-electron chi connectivity index (χ1n) is 10.2. The van der Waals surface area contributed by atoms with Crippen molar-refractivity contribution in [1.82, 2.24) is 4.72 Å². The third-order valence-corrected chi connectivity index (χ3v) is 7.09. The number of nitrogens with one attached hydrogen (secondary N) is 1. The van der Waals surface area contributed by atoms with Crippen molar-refractivity contribution in [2.24, 2.45) is 0 Å². The first kappa shape index (κ1) is 21.3. The zero-order chi connectivity index (χ0) is 22.0. The fraction of sp³-hybridized carbons (Fsp3) is 0.250. The molecule has 1 aliphatic heterocycles. The van der Waals surface area contributed by atoms with Crippen molar-refractivity contribution < 1.29 is 12.8 Å². The van der Waals surface area contributed by atoms with E-state index in [1.54, 1.807) is 0 Å². The minimum absolute atomic E-state index is 0.0731. The third kappa shape index (κ3) is 4.57. The largest absolute Gasteiger partial charge is 0.378 e. The molecule has 1 atom stereocenters. The molecule has 162 valence electrons. The SMILES string of the molecule is CN(C)c1ccc([C@H](CNS(=O)(=O)c2cccc(F)c2)N2CCc3ccccc32)cc1. The van der Waals surface area contributed by atoms with E-state index in [9.17, 15) is 12.8 Å². The number of hydrogen-bond donors (Lipinski definition) is 1. The number of fused-ring (bicyclic) bond motifs is 1. The normalized spacial score (nSPS) is 14.4. The summed E-state index contributed by atoms with van der Waals surface area (Å²) < 4.78 is 41.9. The monoisotopic (exact) mass is 439 g/mol. The van der Waals surface area contributed by atoms with Gasteiger partial charge in [-0.2, -0.15) is 0 Å². The molecular weight excluding hydrogens is 413 g/mol. The quantitative estimate of drug-likeness (QED) is 0.605. The number of halogens is 1. The maximum Gasteiger partial charge on any atom is 0.240 e. The van der Waals surface area contributed by atoms with Gasteiger partial charge in [0, 0.05) is 38.6 Å². The van der Waals surface area contributed by atoms with Gasteiger partial charge < -0.3 is 9.80 Å². The Labute approximate surface area is 183 Å². The highest BCUT2D eigenvalue weighted by molar-refractivity contribution is 7.89. The summed E-state index contributed by atoms with van der Waals surface area (Å²) in [4.78, 5) is 4.20. The Morgan fingerprint density at radius 2 is 1.77 bits per heavy atom. The maximum atomic E-state index is 13.6. The van der Waals surface area contributed by atoms with Gasteiger partial charge in [0.1, 0.15) is 5.82 Å². The molecule has 0 aliphatic carbocycles. The van der Waals surface area contributed by atoms with Gasteiger partial charge in [0.25, 0.3) is 0 Å². The fourth-order valence-electron chi connectivity index (χ4n) is 4.00. The van der Waals surface area contributed by atoms with Crippen molar-refractivity contribution in [3.63, 3.8) is 0 Å². The fourth-order valence-corrected chi connectivity index (χ4v) is 5.07. The summed E-state index contributed by atoms with van der Waals surface area (Å²) in [5, 5.41) is 0. The van der Waals surface area contributed by atoms with Crippen molar-refractivity contribution in [2.45, 2.75) is 17.4 Å². The summed E-state index contributed by atoms with van der Waals surface area (Å²) in [7, 11) is 0.126. The molecule has 0 spiro atoms. The Morgan fingerprint density at radius 1 is 1.03 bits per heavy atom. The highest BCUT2D eigenvalue weighted by Gasteiger charge is 2.28. The summed E-state index contributed by atoms with van der Waals surface area (Å²) in [6, 6.07) is 21.2. The number of rotatable bonds is 7. The maximum absolute atomic E-state index is 13.6. The van der Waals surface area contributed by atoms with Crippen LogP contribution in [-0.2, 0) is 16.4 Å². The molecule has 0 bridgehead atoms. The molecule has 4 rings (SSSR count). The lowest BCUT2D eigenvalue weighted by molar-refractivity contribution is 0.560. The van der Waals surface area contributed by atoms with E-state index in [0.717, 1.165) is 36.0 Å². The second-order valence-corrected chi connectivity index (χ2v) is 9.65. The predicted octanol–water partition coefficient (Wildman–Crippen LogP) is 3.97. The van der Waals surface area contributed by atoms with Crippen molar-refractivity contribution in [3.8, 4) is 0 Å². The topological polar surface area (TPSA) is 52.7 Å². The standard InChI is InChI=1S/C24H26FN3O2S/c1-27(2)21-12-10-19(11-13-21)24(28-15-14-18-6-3-4-9-23(18)28)17-26-31(29,30)22-8-5-7-20(25)16-22/h3-13,16,24,26H,14-15,17H2,1-2H3/t24-/m0/s1. The van der Waals surface area contributed by atoms with Crippen molar-refractivity contribution >= 4 is 21.4 Å². The molecule has 5 nitrogen and oxygen atoms in total. The van der Waals surface area contributed by atoms with Crippen LogP contribution in [0.3, 0.4) is 0 Å². The average Bonchev–Trinajstić information content (AvgIpc) is 3.18. The Kier molecular flexibility index (Phi) is 5.98. The molecule has 3 aromatic carbocycles. The zero-order valence-corrected chi connectivity index (χ0v) is 18.4. The first-order valence-corrected chi connectivity index (χ1v) is 11.7. The third-order valence-electron chi connectivity index (χ3n) is 5.67. The van der Waals surface area contributed by atoms with E-state index < -0.39 is 15.8 Å². The number of nitrogens with zero attached hydrogens (tertiary/aromatic N) is 2. The number of sulfonamides is 1. The molecule has 7 heteroatoms. The van der Waals surface area contributed by atoms with Gasteiger partial charge in [0.05, 0.1) is 10.9 Å². The van der Waals surface area contributed by atoms with Crippen LogP contribution in [0.5, 0.6) is 0 Å². The molecule has 31 heavy (non-hydrogen) atoms. The molecule has 1 N–H and O–H groups in total. The molecule has 0 saturated heterocycles. The molecule has 0 amide bonds. The molecule has 1 heterocycles. The number of anilines is 2. The van der Waals surface area contributed by atoms with Crippen LogP contribution in [0.2, 0.25) is 0 Å². The molecule has 1 aliphatic rings. The highest BCUT2D eigenvalue weighted by Crippen LogP contribution is 2.35. The lowest BCUT2D eigenvalue weighted by atomic mass is 10.0. The molecule has 0 saturated carbocycles. The van der Waals surface area contributed by atoms with E-state index in [2.05, 4.69) is 21.8 Å². The van der Waals surface area contributed by atoms with Gasteiger partial charge in [-0.05, 0) is 53.9 Å². The van der Waals surface area contributed by atoms with E-state index in [0.29, 0.717) is 0 Å². The Morgan fingerprint density at radius 3 is 2.48 bits per heavy atom. The van der Waals surface area contributed by atoms with Gasteiger partial charge in [-0.3, -0.25) is 0 Å². The Balaban J connectivity index is 1.64. The summed E-state index contributed by atoms with van der Waals surface area (Å²) in [6.07, 6.45) is 0.916. The van der Waals surface area contributed by atoms with Crippen LogP contribution in [-0.4, -0.2) is 35.6 Å². The smallest absolute Gasteiger partial charge is 0.240 e. The second-order valence-electron chi connectivity index (χ2n) is 7.88. The van der Waals surface area contributed by atoms with Crippen molar-refractivity contribution in [3.05, 3.63) is 89.7 Å². The summed E-state index contributed by atoms with van der Waals surface area (Å²) in [5.41, 5.74) is 4.47. The van der Waals surface area contributed by atoms with Crippen LogP contribution < -0.4 is 14.5 Å². The van der Waals surface area contributed by atoms with Crippen LogP contribution in [0.25, 0.3) is 0 Å². The lowest BCUT2D eigenvalue weighted by Crippen LogP contribution is -2.37. The molecule has 0 fully saturated rings. The number of hydrogen-bond acceptors (Lipinski definition) is 4. The zero-order valence-electron chi connectivity index (χ0n) is 17.6. The van der Waals surface area contributed by atoms with Gasteiger partial charge in [-0.1, -0.05) is 36.4 Å². The van der Waals surface area contributed by atoms with E-state index in [4.69, 9.17) is 0 Å². The molecule has 0 unspecified atom stereocenters. The van der Waals surface area contributed by atoms with E-state index in [-0.39, 0.29) is 17.5 Å². The molecule has 0 radical (unpaired) electrons. The van der Waals surface area contributed by atoms with Crippen molar-refractivity contribution in [1.29, 1.82) is 0 Å². The van der Waals surface area contributed by atoms with Gasteiger partial charge in [-0.25, -0.2) is 17.5 Å². The lowest BCUT2D eigenvalue weighted by Gasteiger charge is -2.31. The number of para-hydroxylation sites is 1. The molecule has 0 aromatic heterocycles. The van der Waals surface area contributed by atoms with Crippen LogP contribution in [0.1, 0.15) is 17.2 Å². The van der Waals surface area contributed by atoms with Gasteiger partial charge in [0.15, 0.2) is 0 Å². The highest BCUT2D eigenvalue weighted by atomic mass is 32.2. The molecular formula is C24H26FN3O2S. The van der Waals surface area contributed by atoms with E-state index >= 15 is 0 Å². The predicted molar refractivity (Wildman–Crippen MR) is 123 cm³/mol. The van der Waals surface area contributed by atoms with E-state index in [1.165, 1.54) is 23.8 Å². The number of benzene rings is 3. The first-order chi connectivity index (χ1) is 14.8. The van der Waals surface area contributed by atoms with Crippen LogP contribution in [0.4, 0.5) is 15.8 Å².